The average Bonchev–Trinajstić information content (AvgIpc) is 3.01. The van der Waals surface area contributed by atoms with Crippen LogP contribution >= 0.6 is 0 Å². The van der Waals surface area contributed by atoms with Gasteiger partial charge in [0.2, 0.25) is 0 Å². The van der Waals surface area contributed by atoms with Gasteiger partial charge in [-0.25, -0.2) is 23.8 Å². The number of unbranched alkanes of at least 4 members (excludes halogenated alkanes) is 1. The predicted molar refractivity (Wildman–Crippen MR) is 78.0 cm³/mol. The Bertz CT molecular complexity index is 316. The zero-order valence-corrected chi connectivity index (χ0v) is 14.4. The van der Waals surface area contributed by atoms with Crippen LogP contribution in [0.25, 0.3) is 0 Å². The first kappa shape index (κ1) is 17.7. The molecule has 0 saturated heterocycles. The Morgan fingerprint density at radius 3 is 2.33 bits per heavy atom. The molecule has 0 heterocycles. The van der Waals surface area contributed by atoms with Crippen LogP contribution in [0.1, 0.15) is 52.9 Å². The van der Waals surface area contributed by atoms with Gasteiger partial charge in [0.1, 0.15) is 0 Å². The van der Waals surface area contributed by atoms with Crippen LogP contribution in [0.3, 0.4) is 0 Å². The van der Waals surface area contributed by atoms with E-state index in [1.807, 2.05) is 12.2 Å². The second kappa shape index (κ2) is 13.2. The standard InChI is InChI=1S/C9H13.C5H5.C3H6.Zr/c1-2-3-6-9-7-4-5-8-9;1-2-4-5-3-1;1-3-2;/h7-8H,2-4,6H2,1H3;1-3H,4H2;1-2H3;/q2*-1;;+2. The van der Waals surface area contributed by atoms with Crippen molar-refractivity contribution in [3.05, 3.63) is 48.1 Å². The fourth-order valence-corrected chi connectivity index (χ4v) is 1.33. The third-order valence-corrected chi connectivity index (χ3v) is 2.17. The van der Waals surface area contributed by atoms with Crippen molar-refractivity contribution in [1.82, 2.24) is 0 Å². The van der Waals surface area contributed by atoms with Crippen molar-refractivity contribution in [3.8, 4) is 0 Å². The summed E-state index contributed by atoms with van der Waals surface area (Å²) in [6.07, 6.45) is 22.5. The monoisotopic (exact) mass is 318 g/mol. The van der Waals surface area contributed by atoms with Gasteiger partial charge in [0.05, 0.1) is 0 Å². The molecule has 0 N–H and O–H groups in total. The fourth-order valence-electron chi connectivity index (χ4n) is 1.33. The molecule has 0 saturated carbocycles. The van der Waals surface area contributed by atoms with Crippen LogP contribution in [0.4, 0.5) is 0 Å². The van der Waals surface area contributed by atoms with Crippen molar-refractivity contribution in [2.45, 2.75) is 52.9 Å². The van der Waals surface area contributed by atoms with Crippen LogP contribution in [-0.4, -0.2) is 3.21 Å². The summed E-state index contributed by atoms with van der Waals surface area (Å²) in [5.74, 6) is 0. The van der Waals surface area contributed by atoms with Crippen LogP contribution in [-0.2, 0) is 24.2 Å². The van der Waals surface area contributed by atoms with Gasteiger partial charge in [-0.3, -0.25) is 12.2 Å². The number of rotatable bonds is 3. The molecule has 0 fully saturated rings. The van der Waals surface area contributed by atoms with Crippen molar-refractivity contribution in [1.29, 1.82) is 0 Å². The first-order chi connectivity index (χ1) is 8.66. The van der Waals surface area contributed by atoms with Gasteiger partial charge >= 0.3 is 41.3 Å². The van der Waals surface area contributed by atoms with E-state index in [9.17, 15) is 0 Å². The molecule has 2 rings (SSSR count). The van der Waals surface area contributed by atoms with E-state index >= 15 is 0 Å². The van der Waals surface area contributed by atoms with Gasteiger partial charge in [-0.05, 0) is 0 Å². The second-order valence-corrected chi connectivity index (χ2v) is 6.90. The molecule has 18 heavy (non-hydrogen) atoms. The van der Waals surface area contributed by atoms with Gasteiger partial charge in [-0.15, -0.1) is 12.8 Å². The molecule has 0 spiro atoms. The first-order valence-electron chi connectivity index (χ1n) is 6.66. The molecule has 0 aliphatic heterocycles. The summed E-state index contributed by atoms with van der Waals surface area (Å²) >= 11 is 1.55. The van der Waals surface area contributed by atoms with Crippen molar-refractivity contribution in [2.24, 2.45) is 0 Å². The van der Waals surface area contributed by atoms with Gasteiger partial charge in [-0.1, -0.05) is 26.2 Å². The molecule has 2 aliphatic carbocycles. The smallest absolute Gasteiger partial charge is 0.109 e. The summed E-state index contributed by atoms with van der Waals surface area (Å²) in [7, 11) is 0. The molecule has 0 aromatic carbocycles. The van der Waals surface area contributed by atoms with Crippen LogP contribution < -0.4 is 0 Å². The molecule has 0 unspecified atom stereocenters. The fraction of sp³-hybridized carbons (Fsp3) is 0.471. The molecule has 0 aromatic rings. The Morgan fingerprint density at radius 1 is 1.28 bits per heavy atom. The zero-order valence-electron chi connectivity index (χ0n) is 11.9. The largest absolute Gasteiger partial charge is 0.273 e. The van der Waals surface area contributed by atoms with Gasteiger partial charge in [0.15, 0.2) is 0 Å². The third kappa shape index (κ3) is 13.8. The summed E-state index contributed by atoms with van der Waals surface area (Å²) in [6.45, 7) is 6.47. The van der Waals surface area contributed by atoms with E-state index in [0.29, 0.717) is 0 Å². The molecule has 96 valence electrons. The summed E-state index contributed by atoms with van der Waals surface area (Å²) in [6, 6.07) is 0. The first-order valence-corrected chi connectivity index (χ1v) is 7.88. The van der Waals surface area contributed by atoms with Gasteiger partial charge < -0.3 is 0 Å². The topological polar surface area (TPSA) is 0 Å². The molecule has 0 radical (unpaired) electrons. The molecule has 0 amide bonds. The van der Waals surface area contributed by atoms with Crippen LogP contribution in [0.5, 0.6) is 0 Å². The Hall–Kier alpha value is -0.287. The molecule has 0 atom stereocenters. The van der Waals surface area contributed by atoms with E-state index < -0.39 is 0 Å². The van der Waals surface area contributed by atoms with E-state index in [0.717, 1.165) is 12.8 Å². The Balaban J connectivity index is 0.000000272. The molecular weight excluding hydrogens is 295 g/mol. The summed E-state index contributed by atoms with van der Waals surface area (Å²) in [5.41, 5.74) is 1.48. The second-order valence-electron chi connectivity index (χ2n) is 4.44. The minimum absolute atomic E-state index is 1.01. The van der Waals surface area contributed by atoms with E-state index in [1.165, 1.54) is 28.0 Å². The minimum Gasteiger partial charge on any atom is -0.273 e. The van der Waals surface area contributed by atoms with Crippen molar-refractivity contribution in [3.63, 3.8) is 0 Å². The molecule has 1 heteroatoms. The van der Waals surface area contributed by atoms with E-state index in [1.54, 1.807) is 24.2 Å². The summed E-state index contributed by atoms with van der Waals surface area (Å²) < 4.78 is 1.51. The Kier molecular flexibility index (Phi) is 12.9. The maximum atomic E-state index is 3.16. The van der Waals surface area contributed by atoms with Crippen LogP contribution in [0.2, 0.25) is 0 Å². The molecular formula is C17H24Zr. The SMILES string of the molecule is CCCCC1=CC[C-]=C1.C[C](C)=[Zr+2].[C-]1=CC=CC1. The maximum Gasteiger partial charge on any atom is -0.109 e. The quantitative estimate of drug-likeness (QED) is 0.648. The molecule has 2 aliphatic rings. The predicted octanol–water partition coefficient (Wildman–Crippen LogP) is 4.92. The maximum absolute atomic E-state index is 3.16. The van der Waals surface area contributed by atoms with Crippen molar-refractivity contribution < 1.29 is 24.2 Å². The van der Waals surface area contributed by atoms with Crippen molar-refractivity contribution >= 4 is 3.21 Å². The Labute approximate surface area is 128 Å². The van der Waals surface area contributed by atoms with E-state index in [-0.39, 0.29) is 0 Å². The van der Waals surface area contributed by atoms with Crippen molar-refractivity contribution in [2.75, 3.05) is 0 Å². The number of allylic oxidation sites excluding steroid dienone is 8. The van der Waals surface area contributed by atoms with Crippen LogP contribution in [0.15, 0.2) is 36.0 Å². The summed E-state index contributed by atoms with van der Waals surface area (Å²) in [5, 5.41) is 0. The van der Waals surface area contributed by atoms with E-state index in [2.05, 4.69) is 51.2 Å². The average molecular weight is 320 g/mol. The Morgan fingerprint density at radius 2 is 2.00 bits per heavy atom. The molecule has 0 bridgehead atoms. The zero-order chi connectivity index (χ0) is 13.6. The molecule has 0 nitrogen and oxygen atoms in total. The third-order valence-electron chi connectivity index (χ3n) is 2.17. The number of hydrogen-bond donors (Lipinski definition) is 0. The number of hydrogen-bond acceptors (Lipinski definition) is 0. The van der Waals surface area contributed by atoms with Gasteiger partial charge in [0, 0.05) is 0 Å². The van der Waals surface area contributed by atoms with Crippen LogP contribution in [0, 0.1) is 12.2 Å². The van der Waals surface area contributed by atoms with Gasteiger partial charge in [-0.2, -0.15) is 12.2 Å². The summed E-state index contributed by atoms with van der Waals surface area (Å²) in [4.78, 5) is 0. The van der Waals surface area contributed by atoms with E-state index in [4.69, 9.17) is 0 Å². The normalized spacial score (nSPS) is 14.6. The van der Waals surface area contributed by atoms with Gasteiger partial charge in [0.25, 0.3) is 0 Å². The molecule has 0 aromatic heterocycles. The minimum atomic E-state index is 1.01.